The van der Waals surface area contributed by atoms with Crippen molar-refractivity contribution in [3.8, 4) is 5.75 Å². The molecule has 0 saturated heterocycles. The largest absolute Gasteiger partial charge is 0.491 e. The standard InChI is InChI=1S/C17H19F3N2O3/c1-10(2)25-13-4-3-11(15(6-13)17(18,19)20)8-22-16(23)12-5-14(7-21)24-9-12/h3-6,9-10H,7-8,21H2,1-2H3,(H,22,23). The maximum Gasteiger partial charge on any atom is 0.416 e. The summed E-state index contributed by atoms with van der Waals surface area (Å²) in [4.78, 5) is 12.0. The first-order valence-corrected chi connectivity index (χ1v) is 7.63. The predicted molar refractivity (Wildman–Crippen MR) is 85.0 cm³/mol. The number of nitrogens with two attached hydrogens (primary N) is 1. The normalized spacial score (nSPS) is 11.6. The Labute approximate surface area is 142 Å². The molecule has 0 fully saturated rings. The first kappa shape index (κ1) is 18.9. The van der Waals surface area contributed by atoms with E-state index in [4.69, 9.17) is 14.9 Å². The molecule has 0 spiro atoms. The van der Waals surface area contributed by atoms with E-state index >= 15 is 0 Å². The highest BCUT2D eigenvalue weighted by molar-refractivity contribution is 5.93. The SMILES string of the molecule is CC(C)Oc1ccc(CNC(=O)c2coc(CN)c2)c(C(F)(F)F)c1. The zero-order chi connectivity index (χ0) is 18.6. The summed E-state index contributed by atoms with van der Waals surface area (Å²) in [6.45, 7) is 3.30. The lowest BCUT2D eigenvalue weighted by Gasteiger charge is -2.16. The first-order valence-electron chi connectivity index (χ1n) is 7.63. The highest BCUT2D eigenvalue weighted by Crippen LogP contribution is 2.34. The third-order valence-corrected chi connectivity index (χ3v) is 3.32. The zero-order valence-electron chi connectivity index (χ0n) is 13.8. The van der Waals surface area contributed by atoms with Crippen LogP contribution in [0.3, 0.4) is 0 Å². The summed E-state index contributed by atoms with van der Waals surface area (Å²) in [5, 5.41) is 2.44. The van der Waals surface area contributed by atoms with Crippen molar-refractivity contribution in [1.29, 1.82) is 0 Å². The molecule has 0 radical (unpaired) electrons. The van der Waals surface area contributed by atoms with Gasteiger partial charge in [-0.2, -0.15) is 13.2 Å². The predicted octanol–water partition coefficient (Wildman–Crippen LogP) is 3.47. The molecule has 1 aromatic carbocycles. The molecule has 0 bridgehead atoms. The number of ether oxygens (including phenoxy) is 1. The van der Waals surface area contributed by atoms with Gasteiger partial charge in [0, 0.05) is 6.54 Å². The molecule has 0 aliphatic heterocycles. The Morgan fingerprint density at radius 1 is 1.32 bits per heavy atom. The molecular formula is C17H19F3N2O3. The summed E-state index contributed by atoms with van der Waals surface area (Å²) >= 11 is 0. The van der Waals surface area contributed by atoms with Crippen molar-refractivity contribution in [1.82, 2.24) is 5.32 Å². The van der Waals surface area contributed by atoms with Crippen LogP contribution in [0.2, 0.25) is 0 Å². The maximum atomic E-state index is 13.3. The lowest BCUT2D eigenvalue weighted by Crippen LogP contribution is -2.24. The van der Waals surface area contributed by atoms with Gasteiger partial charge in [-0.05, 0) is 37.6 Å². The van der Waals surface area contributed by atoms with Crippen molar-refractivity contribution >= 4 is 5.91 Å². The van der Waals surface area contributed by atoms with Gasteiger partial charge in [0.05, 0.1) is 23.8 Å². The van der Waals surface area contributed by atoms with Crippen LogP contribution < -0.4 is 15.8 Å². The van der Waals surface area contributed by atoms with Crippen LogP contribution in [0.4, 0.5) is 13.2 Å². The van der Waals surface area contributed by atoms with Gasteiger partial charge in [-0.3, -0.25) is 4.79 Å². The second-order valence-electron chi connectivity index (χ2n) is 5.67. The Morgan fingerprint density at radius 3 is 2.60 bits per heavy atom. The lowest BCUT2D eigenvalue weighted by atomic mass is 10.1. The number of carbonyl (C=O) groups is 1. The van der Waals surface area contributed by atoms with Crippen LogP contribution in [-0.4, -0.2) is 12.0 Å². The monoisotopic (exact) mass is 356 g/mol. The Morgan fingerprint density at radius 2 is 2.04 bits per heavy atom. The molecule has 0 unspecified atom stereocenters. The molecule has 8 heteroatoms. The number of benzene rings is 1. The Kier molecular flexibility index (Phi) is 5.73. The molecular weight excluding hydrogens is 337 g/mol. The van der Waals surface area contributed by atoms with Crippen molar-refractivity contribution in [3.05, 3.63) is 53.0 Å². The number of carbonyl (C=O) groups excluding carboxylic acids is 1. The number of hydrogen-bond donors (Lipinski definition) is 2. The Balaban J connectivity index is 2.16. The molecule has 1 heterocycles. The summed E-state index contributed by atoms with van der Waals surface area (Å²) in [5.74, 6) is -0.00442. The van der Waals surface area contributed by atoms with E-state index in [1.807, 2.05) is 0 Å². The maximum absolute atomic E-state index is 13.3. The molecule has 0 saturated carbocycles. The van der Waals surface area contributed by atoms with Gasteiger partial charge < -0.3 is 20.2 Å². The minimum atomic E-state index is -4.56. The van der Waals surface area contributed by atoms with Crippen LogP contribution >= 0.6 is 0 Å². The number of rotatable bonds is 6. The summed E-state index contributed by atoms with van der Waals surface area (Å²) in [6.07, 6.45) is -3.59. The van der Waals surface area contributed by atoms with E-state index in [-0.39, 0.29) is 36.1 Å². The average molecular weight is 356 g/mol. The molecule has 5 nitrogen and oxygen atoms in total. The number of amides is 1. The number of hydrogen-bond acceptors (Lipinski definition) is 4. The summed E-state index contributed by atoms with van der Waals surface area (Å²) in [7, 11) is 0. The highest BCUT2D eigenvalue weighted by Gasteiger charge is 2.34. The average Bonchev–Trinajstić information content (AvgIpc) is 3.01. The number of alkyl halides is 3. The zero-order valence-corrected chi connectivity index (χ0v) is 13.8. The topological polar surface area (TPSA) is 77.5 Å². The third kappa shape index (κ3) is 4.99. The van der Waals surface area contributed by atoms with Crippen molar-refractivity contribution in [2.75, 3.05) is 0 Å². The molecule has 25 heavy (non-hydrogen) atoms. The van der Waals surface area contributed by atoms with E-state index in [1.165, 1.54) is 24.5 Å². The van der Waals surface area contributed by atoms with E-state index in [0.717, 1.165) is 6.07 Å². The van der Waals surface area contributed by atoms with Crippen LogP contribution in [0.1, 0.15) is 41.1 Å². The Bertz CT molecular complexity index is 739. The highest BCUT2D eigenvalue weighted by atomic mass is 19.4. The van der Waals surface area contributed by atoms with Crippen LogP contribution in [0.25, 0.3) is 0 Å². The smallest absolute Gasteiger partial charge is 0.416 e. The number of halogens is 3. The van der Waals surface area contributed by atoms with Crippen molar-refractivity contribution in [2.24, 2.45) is 5.73 Å². The van der Waals surface area contributed by atoms with Gasteiger partial charge in [0.25, 0.3) is 5.91 Å². The molecule has 2 rings (SSSR count). The molecule has 1 aromatic heterocycles. The molecule has 0 atom stereocenters. The third-order valence-electron chi connectivity index (χ3n) is 3.32. The quantitative estimate of drug-likeness (QED) is 0.831. The Hall–Kier alpha value is -2.48. The van der Waals surface area contributed by atoms with Gasteiger partial charge in [-0.15, -0.1) is 0 Å². The van der Waals surface area contributed by atoms with Crippen molar-refractivity contribution < 1.29 is 27.1 Å². The van der Waals surface area contributed by atoms with E-state index in [1.54, 1.807) is 13.8 Å². The van der Waals surface area contributed by atoms with Crippen LogP contribution in [0.5, 0.6) is 5.75 Å². The van der Waals surface area contributed by atoms with Gasteiger partial charge >= 0.3 is 6.18 Å². The van der Waals surface area contributed by atoms with E-state index in [2.05, 4.69) is 5.32 Å². The van der Waals surface area contributed by atoms with Crippen LogP contribution in [-0.2, 0) is 19.3 Å². The van der Waals surface area contributed by atoms with Crippen LogP contribution in [0.15, 0.2) is 34.9 Å². The van der Waals surface area contributed by atoms with Gasteiger partial charge in [0.15, 0.2) is 0 Å². The van der Waals surface area contributed by atoms with Gasteiger partial charge in [0.1, 0.15) is 17.8 Å². The molecule has 0 aliphatic rings. The van der Waals surface area contributed by atoms with Gasteiger partial charge in [-0.1, -0.05) is 6.07 Å². The van der Waals surface area contributed by atoms with Crippen LogP contribution in [0, 0.1) is 0 Å². The summed E-state index contributed by atoms with van der Waals surface area (Å²) in [5.41, 5.74) is 4.68. The number of nitrogens with one attached hydrogen (secondary N) is 1. The fourth-order valence-electron chi connectivity index (χ4n) is 2.20. The fraction of sp³-hybridized carbons (Fsp3) is 0.353. The van der Waals surface area contributed by atoms with Gasteiger partial charge in [0.2, 0.25) is 0 Å². The van der Waals surface area contributed by atoms with E-state index in [0.29, 0.717) is 5.76 Å². The second-order valence-corrected chi connectivity index (χ2v) is 5.67. The second kappa shape index (κ2) is 7.60. The van der Waals surface area contributed by atoms with Gasteiger partial charge in [-0.25, -0.2) is 0 Å². The molecule has 0 aliphatic carbocycles. The van der Waals surface area contributed by atoms with E-state index < -0.39 is 17.6 Å². The minimum absolute atomic E-state index is 0.0560. The number of furan rings is 1. The van der Waals surface area contributed by atoms with E-state index in [9.17, 15) is 18.0 Å². The lowest BCUT2D eigenvalue weighted by molar-refractivity contribution is -0.138. The van der Waals surface area contributed by atoms with Crippen molar-refractivity contribution in [3.63, 3.8) is 0 Å². The molecule has 136 valence electrons. The van der Waals surface area contributed by atoms with Crippen molar-refractivity contribution in [2.45, 2.75) is 39.2 Å². The fourth-order valence-corrected chi connectivity index (χ4v) is 2.20. The molecule has 1 amide bonds. The molecule has 3 N–H and O–H groups in total. The summed E-state index contributed by atoms with van der Waals surface area (Å²) < 4.78 is 50.1. The molecule has 2 aromatic rings. The first-order chi connectivity index (χ1) is 11.7. The summed E-state index contributed by atoms with van der Waals surface area (Å²) in [6, 6.07) is 5.12. The minimum Gasteiger partial charge on any atom is -0.491 e.